The average Bonchev–Trinajstić information content (AvgIpc) is 2.39. The lowest BCUT2D eigenvalue weighted by atomic mass is 10.1. The maximum Gasteiger partial charge on any atom is 0.334 e. The smallest absolute Gasteiger partial charge is 0.334 e. The number of rotatable bonds is 3. The molecule has 1 aromatic carbocycles. The largest absolute Gasteiger partial charge is 0.466 e. The molecule has 2 rings (SSSR count). The molecule has 0 bridgehead atoms. The van der Waals surface area contributed by atoms with E-state index in [4.69, 9.17) is 4.74 Å². The van der Waals surface area contributed by atoms with Crippen molar-refractivity contribution in [1.29, 1.82) is 0 Å². The van der Waals surface area contributed by atoms with Gasteiger partial charge in [-0.3, -0.25) is 4.90 Å². The SMILES string of the molecule is COC(=O)C1=C(Br)CN(Cc2ccccc2)CC1. The van der Waals surface area contributed by atoms with Crippen molar-refractivity contribution in [2.24, 2.45) is 0 Å². The third-order valence-electron chi connectivity index (χ3n) is 3.05. The minimum absolute atomic E-state index is 0.221. The first-order valence-corrected chi connectivity index (χ1v) is 6.72. The van der Waals surface area contributed by atoms with Gasteiger partial charge in [-0.15, -0.1) is 0 Å². The van der Waals surface area contributed by atoms with Crippen LogP contribution < -0.4 is 0 Å². The summed E-state index contributed by atoms with van der Waals surface area (Å²) in [5, 5.41) is 0. The molecule has 0 N–H and O–H groups in total. The molecule has 1 heterocycles. The maximum atomic E-state index is 11.5. The zero-order valence-corrected chi connectivity index (χ0v) is 11.9. The third kappa shape index (κ3) is 3.21. The second kappa shape index (κ2) is 6.16. The number of halogens is 1. The molecule has 4 heteroatoms. The van der Waals surface area contributed by atoms with Crippen molar-refractivity contribution in [1.82, 2.24) is 4.90 Å². The molecule has 1 aliphatic rings. The van der Waals surface area contributed by atoms with Crippen molar-refractivity contribution >= 4 is 21.9 Å². The number of esters is 1. The Balaban J connectivity index is 2.01. The summed E-state index contributed by atoms with van der Waals surface area (Å²) in [7, 11) is 1.42. The van der Waals surface area contributed by atoms with Crippen molar-refractivity contribution in [2.45, 2.75) is 13.0 Å². The highest BCUT2D eigenvalue weighted by atomic mass is 79.9. The highest BCUT2D eigenvalue weighted by Gasteiger charge is 2.22. The first-order valence-electron chi connectivity index (χ1n) is 5.93. The van der Waals surface area contributed by atoms with Gasteiger partial charge >= 0.3 is 5.97 Å². The number of methoxy groups -OCH3 is 1. The van der Waals surface area contributed by atoms with E-state index in [0.717, 1.165) is 36.1 Å². The molecule has 0 aliphatic carbocycles. The average molecular weight is 310 g/mol. The predicted molar refractivity (Wildman–Crippen MR) is 74.3 cm³/mol. The molecule has 0 saturated heterocycles. The van der Waals surface area contributed by atoms with Gasteiger partial charge in [0.25, 0.3) is 0 Å². The van der Waals surface area contributed by atoms with E-state index < -0.39 is 0 Å². The molecule has 0 amide bonds. The van der Waals surface area contributed by atoms with Crippen molar-refractivity contribution in [3.8, 4) is 0 Å². The number of carbonyl (C=O) groups is 1. The van der Waals surface area contributed by atoms with Crippen LogP contribution in [0.1, 0.15) is 12.0 Å². The molecule has 96 valence electrons. The van der Waals surface area contributed by atoms with E-state index in [1.807, 2.05) is 18.2 Å². The molecular weight excluding hydrogens is 294 g/mol. The quantitative estimate of drug-likeness (QED) is 0.804. The van der Waals surface area contributed by atoms with Crippen LogP contribution in [0.4, 0.5) is 0 Å². The minimum Gasteiger partial charge on any atom is -0.466 e. The Kier molecular flexibility index (Phi) is 4.55. The number of hydrogen-bond donors (Lipinski definition) is 0. The fourth-order valence-corrected chi connectivity index (χ4v) is 2.80. The maximum absolute atomic E-state index is 11.5. The Labute approximate surface area is 116 Å². The lowest BCUT2D eigenvalue weighted by Crippen LogP contribution is -2.31. The first kappa shape index (κ1) is 13.3. The summed E-state index contributed by atoms with van der Waals surface area (Å²) in [6, 6.07) is 10.3. The number of carbonyl (C=O) groups excluding carboxylic acids is 1. The molecule has 18 heavy (non-hydrogen) atoms. The summed E-state index contributed by atoms with van der Waals surface area (Å²) in [5.74, 6) is -0.221. The Morgan fingerprint density at radius 1 is 1.39 bits per heavy atom. The van der Waals surface area contributed by atoms with Gasteiger partial charge in [-0.1, -0.05) is 46.3 Å². The van der Waals surface area contributed by atoms with E-state index in [1.165, 1.54) is 12.7 Å². The van der Waals surface area contributed by atoms with E-state index in [9.17, 15) is 4.79 Å². The minimum atomic E-state index is -0.221. The van der Waals surface area contributed by atoms with E-state index in [2.05, 4.69) is 33.0 Å². The van der Waals surface area contributed by atoms with Gasteiger partial charge in [-0.05, 0) is 12.0 Å². The van der Waals surface area contributed by atoms with E-state index in [-0.39, 0.29) is 5.97 Å². The lowest BCUT2D eigenvalue weighted by Gasteiger charge is -2.27. The van der Waals surface area contributed by atoms with E-state index in [0.29, 0.717) is 0 Å². The monoisotopic (exact) mass is 309 g/mol. The Hall–Kier alpha value is -1.13. The van der Waals surface area contributed by atoms with Crippen molar-refractivity contribution < 1.29 is 9.53 Å². The van der Waals surface area contributed by atoms with Crippen LogP contribution in [-0.4, -0.2) is 31.1 Å². The second-order valence-corrected chi connectivity index (χ2v) is 5.28. The molecular formula is C14H16BrNO2. The van der Waals surface area contributed by atoms with E-state index in [1.54, 1.807) is 0 Å². The Morgan fingerprint density at radius 3 is 2.72 bits per heavy atom. The van der Waals surface area contributed by atoms with Gasteiger partial charge in [0.05, 0.1) is 7.11 Å². The van der Waals surface area contributed by atoms with Crippen LogP contribution >= 0.6 is 15.9 Å². The summed E-state index contributed by atoms with van der Waals surface area (Å²) in [4.78, 5) is 13.8. The Bertz CT molecular complexity index is 456. The van der Waals surface area contributed by atoms with Crippen LogP contribution in [0.25, 0.3) is 0 Å². The van der Waals surface area contributed by atoms with Crippen molar-refractivity contribution in [3.63, 3.8) is 0 Å². The number of benzene rings is 1. The summed E-state index contributed by atoms with van der Waals surface area (Å²) in [5.41, 5.74) is 2.06. The number of ether oxygens (including phenoxy) is 1. The molecule has 1 aliphatic heterocycles. The highest BCUT2D eigenvalue weighted by Crippen LogP contribution is 2.24. The zero-order chi connectivity index (χ0) is 13.0. The topological polar surface area (TPSA) is 29.5 Å². The van der Waals surface area contributed by atoms with Crippen LogP contribution in [0.5, 0.6) is 0 Å². The predicted octanol–water partition coefficient (Wildman–Crippen LogP) is 2.71. The van der Waals surface area contributed by atoms with Gasteiger partial charge in [0.2, 0.25) is 0 Å². The van der Waals surface area contributed by atoms with Gasteiger partial charge in [0.1, 0.15) is 0 Å². The second-order valence-electron chi connectivity index (χ2n) is 4.32. The molecule has 0 saturated carbocycles. The lowest BCUT2D eigenvalue weighted by molar-refractivity contribution is -0.136. The van der Waals surface area contributed by atoms with Crippen LogP contribution in [0.15, 0.2) is 40.4 Å². The molecule has 0 atom stereocenters. The Morgan fingerprint density at radius 2 is 2.11 bits per heavy atom. The summed E-state index contributed by atoms with van der Waals surface area (Å²) >= 11 is 3.49. The van der Waals surface area contributed by atoms with Crippen molar-refractivity contribution in [3.05, 3.63) is 46.0 Å². The van der Waals surface area contributed by atoms with Crippen LogP contribution in [0, 0.1) is 0 Å². The zero-order valence-electron chi connectivity index (χ0n) is 10.4. The van der Waals surface area contributed by atoms with Crippen LogP contribution in [0.2, 0.25) is 0 Å². The number of nitrogens with zero attached hydrogens (tertiary/aromatic N) is 1. The molecule has 1 aromatic rings. The molecule has 0 aromatic heterocycles. The number of hydrogen-bond acceptors (Lipinski definition) is 3. The molecule has 0 spiro atoms. The van der Waals surface area contributed by atoms with Crippen LogP contribution in [0.3, 0.4) is 0 Å². The third-order valence-corrected chi connectivity index (χ3v) is 3.78. The van der Waals surface area contributed by atoms with Gasteiger partial charge in [-0.25, -0.2) is 4.79 Å². The van der Waals surface area contributed by atoms with Gasteiger partial charge in [0, 0.05) is 29.7 Å². The highest BCUT2D eigenvalue weighted by molar-refractivity contribution is 9.11. The molecule has 0 radical (unpaired) electrons. The normalized spacial score (nSPS) is 16.8. The standard InChI is InChI=1S/C14H16BrNO2/c1-18-14(17)12-7-8-16(10-13(12)15)9-11-5-3-2-4-6-11/h2-6H,7-10H2,1H3. The van der Waals surface area contributed by atoms with Crippen LogP contribution in [-0.2, 0) is 16.1 Å². The molecule has 0 unspecified atom stereocenters. The summed E-state index contributed by atoms with van der Waals surface area (Å²) in [6.45, 7) is 2.55. The summed E-state index contributed by atoms with van der Waals surface area (Å²) in [6.07, 6.45) is 0.736. The fourth-order valence-electron chi connectivity index (χ4n) is 2.09. The molecule has 0 fully saturated rings. The summed E-state index contributed by atoms with van der Waals surface area (Å²) < 4.78 is 5.71. The first-order chi connectivity index (χ1) is 8.70. The molecule has 3 nitrogen and oxygen atoms in total. The van der Waals surface area contributed by atoms with Gasteiger partial charge in [-0.2, -0.15) is 0 Å². The van der Waals surface area contributed by atoms with Gasteiger partial charge < -0.3 is 4.74 Å². The van der Waals surface area contributed by atoms with E-state index >= 15 is 0 Å². The van der Waals surface area contributed by atoms with Gasteiger partial charge in [0.15, 0.2) is 0 Å². The van der Waals surface area contributed by atoms with Crippen molar-refractivity contribution in [2.75, 3.05) is 20.2 Å². The fraction of sp³-hybridized carbons (Fsp3) is 0.357.